The van der Waals surface area contributed by atoms with Crippen molar-refractivity contribution in [2.45, 2.75) is 38.1 Å². The van der Waals surface area contributed by atoms with Crippen LogP contribution in [0.4, 0.5) is 27.6 Å². The molecular weight excluding hydrogens is 477 g/mol. The monoisotopic (exact) mass is 497 g/mol. The minimum atomic E-state index is -4.45. The highest BCUT2D eigenvalue weighted by Gasteiger charge is 2.30. The van der Waals surface area contributed by atoms with Crippen LogP contribution in [0.1, 0.15) is 39.9 Å². The summed E-state index contributed by atoms with van der Waals surface area (Å²) in [7, 11) is 0. The summed E-state index contributed by atoms with van der Waals surface area (Å²) in [4.78, 5) is 18.8. The van der Waals surface area contributed by atoms with Crippen LogP contribution in [0.25, 0.3) is 0 Å². The molecule has 1 aliphatic carbocycles. The first-order valence-corrected chi connectivity index (χ1v) is 10.3. The molecular formula is C24H21ClF5N3O. The van der Waals surface area contributed by atoms with Crippen molar-refractivity contribution >= 4 is 24.0 Å². The van der Waals surface area contributed by atoms with Gasteiger partial charge in [-0.1, -0.05) is 6.07 Å². The van der Waals surface area contributed by atoms with Crippen LogP contribution in [0.2, 0.25) is 0 Å². The molecule has 4 nitrogen and oxygen atoms in total. The number of amides is 1. The fourth-order valence-corrected chi connectivity index (χ4v) is 3.50. The Morgan fingerprint density at radius 2 is 1.62 bits per heavy atom. The third kappa shape index (κ3) is 6.51. The van der Waals surface area contributed by atoms with Gasteiger partial charge in [0.25, 0.3) is 5.91 Å². The van der Waals surface area contributed by atoms with Gasteiger partial charge in [-0.3, -0.25) is 14.7 Å². The zero-order chi connectivity index (χ0) is 23.6. The second-order valence-corrected chi connectivity index (χ2v) is 8.00. The molecule has 1 aromatic heterocycles. The highest BCUT2D eigenvalue weighted by atomic mass is 35.5. The maximum atomic E-state index is 13.6. The van der Waals surface area contributed by atoms with E-state index in [1.165, 1.54) is 24.4 Å². The number of benzene rings is 2. The van der Waals surface area contributed by atoms with Crippen LogP contribution >= 0.6 is 12.4 Å². The van der Waals surface area contributed by atoms with E-state index in [9.17, 15) is 26.7 Å². The van der Waals surface area contributed by atoms with Crippen LogP contribution < -0.4 is 5.32 Å². The van der Waals surface area contributed by atoms with Crippen molar-refractivity contribution in [2.75, 3.05) is 5.32 Å². The van der Waals surface area contributed by atoms with Gasteiger partial charge >= 0.3 is 6.18 Å². The molecule has 1 fully saturated rings. The quantitative estimate of drug-likeness (QED) is 0.394. The summed E-state index contributed by atoms with van der Waals surface area (Å²) in [5.41, 5.74) is 1.09. The summed E-state index contributed by atoms with van der Waals surface area (Å²) in [6, 6.07) is 9.96. The highest BCUT2D eigenvalue weighted by Crippen LogP contribution is 2.31. The lowest BCUT2D eigenvalue weighted by Crippen LogP contribution is -2.25. The minimum Gasteiger partial charge on any atom is -0.322 e. The Labute approximate surface area is 199 Å². The number of carbonyl (C=O) groups is 1. The van der Waals surface area contributed by atoms with Gasteiger partial charge in [0.2, 0.25) is 0 Å². The maximum absolute atomic E-state index is 13.6. The molecule has 34 heavy (non-hydrogen) atoms. The molecule has 1 heterocycles. The largest absolute Gasteiger partial charge is 0.416 e. The Morgan fingerprint density at radius 1 is 0.941 bits per heavy atom. The lowest BCUT2D eigenvalue weighted by molar-refractivity contribution is -0.137. The van der Waals surface area contributed by atoms with Crippen LogP contribution in [0.5, 0.6) is 0 Å². The number of nitrogens with zero attached hydrogens (tertiary/aromatic N) is 2. The van der Waals surface area contributed by atoms with E-state index in [0.29, 0.717) is 24.7 Å². The molecule has 0 spiro atoms. The van der Waals surface area contributed by atoms with Crippen LogP contribution in [0.15, 0.2) is 60.9 Å². The Balaban J connectivity index is 0.00000324. The lowest BCUT2D eigenvalue weighted by atomic mass is 10.1. The van der Waals surface area contributed by atoms with Crippen molar-refractivity contribution in [2.24, 2.45) is 0 Å². The van der Waals surface area contributed by atoms with Gasteiger partial charge in [-0.25, -0.2) is 8.78 Å². The van der Waals surface area contributed by atoms with Gasteiger partial charge < -0.3 is 5.32 Å². The molecule has 0 atom stereocenters. The van der Waals surface area contributed by atoms with Crippen molar-refractivity contribution in [1.29, 1.82) is 0 Å². The average molecular weight is 498 g/mol. The number of halogens is 6. The molecule has 1 aliphatic rings. The van der Waals surface area contributed by atoms with E-state index in [2.05, 4.69) is 15.2 Å². The van der Waals surface area contributed by atoms with Crippen molar-refractivity contribution in [1.82, 2.24) is 9.88 Å². The Hall–Kier alpha value is -3.04. The van der Waals surface area contributed by atoms with Crippen LogP contribution in [0.3, 0.4) is 0 Å². The van der Waals surface area contributed by atoms with Gasteiger partial charge in [0.1, 0.15) is 0 Å². The second-order valence-electron chi connectivity index (χ2n) is 8.00. The Morgan fingerprint density at radius 3 is 2.24 bits per heavy atom. The zero-order valence-electron chi connectivity index (χ0n) is 17.8. The van der Waals surface area contributed by atoms with Gasteiger partial charge in [-0.2, -0.15) is 13.2 Å². The number of pyridine rings is 1. The van der Waals surface area contributed by atoms with Crippen LogP contribution in [0, 0.1) is 11.6 Å². The number of anilines is 1. The third-order valence-electron chi connectivity index (χ3n) is 5.35. The predicted molar refractivity (Wildman–Crippen MR) is 120 cm³/mol. The summed E-state index contributed by atoms with van der Waals surface area (Å²) in [6.07, 6.45) is 0.527. The summed E-state index contributed by atoms with van der Waals surface area (Å²) in [6.45, 7) is 0.877. The van der Waals surface area contributed by atoms with Crippen molar-refractivity contribution < 1.29 is 26.7 Å². The van der Waals surface area contributed by atoms with Gasteiger partial charge in [-0.15, -0.1) is 12.4 Å². The number of rotatable bonds is 7. The molecule has 1 N–H and O–H groups in total. The van der Waals surface area contributed by atoms with Crippen molar-refractivity contribution in [3.8, 4) is 0 Å². The fraction of sp³-hybridized carbons (Fsp3) is 0.250. The van der Waals surface area contributed by atoms with E-state index >= 15 is 0 Å². The minimum absolute atomic E-state index is 0. The lowest BCUT2D eigenvalue weighted by Gasteiger charge is -2.22. The molecule has 0 unspecified atom stereocenters. The molecule has 2 aromatic carbocycles. The van der Waals surface area contributed by atoms with E-state index in [-0.39, 0.29) is 23.7 Å². The van der Waals surface area contributed by atoms with E-state index < -0.39 is 29.3 Å². The number of hydrogen-bond donors (Lipinski definition) is 1. The molecule has 1 saturated carbocycles. The van der Waals surface area contributed by atoms with Gasteiger partial charge in [0.15, 0.2) is 11.6 Å². The van der Waals surface area contributed by atoms with Crippen molar-refractivity contribution in [3.05, 3.63) is 94.8 Å². The topological polar surface area (TPSA) is 45.2 Å². The predicted octanol–water partition coefficient (Wildman–Crippen LogP) is 6.22. The standard InChI is InChI=1S/C24H20F5N3O.ClH/c25-21-8-1-15(10-22(21)26)13-32(20-6-7-20)14-16-9-17(12-30-11-16)23(33)31-19-4-2-18(3-5-19)24(27,28)29;/h1-5,8-12,20H,6-7,13-14H2,(H,31,33);1H. The van der Waals surface area contributed by atoms with Crippen molar-refractivity contribution in [3.63, 3.8) is 0 Å². The number of aromatic nitrogens is 1. The summed E-state index contributed by atoms with van der Waals surface area (Å²) < 4.78 is 64.9. The summed E-state index contributed by atoms with van der Waals surface area (Å²) in [5, 5.41) is 2.57. The summed E-state index contributed by atoms with van der Waals surface area (Å²) >= 11 is 0. The van der Waals surface area contributed by atoms with E-state index in [4.69, 9.17) is 0 Å². The molecule has 10 heteroatoms. The fourth-order valence-electron chi connectivity index (χ4n) is 3.50. The Kier molecular flexibility index (Phi) is 7.89. The normalized spacial score (nSPS) is 13.5. The number of carbonyl (C=O) groups excluding carboxylic acids is 1. The molecule has 1 amide bonds. The van der Waals surface area contributed by atoms with E-state index in [0.717, 1.165) is 36.6 Å². The molecule has 180 valence electrons. The average Bonchev–Trinajstić information content (AvgIpc) is 3.61. The first-order chi connectivity index (χ1) is 15.7. The molecule has 0 bridgehead atoms. The van der Waals surface area contributed by atoms with Crippen LogP contribution in [-0.2, 0) is 19.3 Å². The molecule has 0 saturated heterocycles. The van der Waals surface area contributed by atoms with Gasteiger partial charge in [-0.05, 0) is 66.4 Å². The summed E-state index contributed by atoms with van der Waals surface area (Å²) in [5.74, 6) is -2.29. The smallest absolute Gasteiger partial charge is 0.322 e. The SMILES string of the molecule is Cl.O=C(Nc1ccc(C(F)(F)F)cc1)c1cncc(CN(Cc2ccc(F)c(F)c2)C2CC2)c1. The van der Waals surface area contributed by atoms with E-state index in [1.54, 1.807) is 18.3 Å². The van der Waals surface area contributed by atoms with Gasteiger partial charge in [0, 0.05) is 37.2 Å². The first-order valence-electron chi connectivity index (χ1n) is 10.3. The third-order valence-corrected chi connectivity index (χ3v) is 5.35. The molecule has 0 radical (unpaired) electrons. The molecule has 0 aliphatic heterocycles. The zero-order valence-corrected chi connectivity index (χ0v) is 18.6. The molecule has 3 aromatic rings. The second kappa shape index (κ2) is 10.5. The number of hydrogen-bond acceptors (Lipinski definition) is 3. The van der Waals surface area contributed by atoms with Crippen LogP contribution in [-0.4, -0.2) is 21.8 Å². The number of nitrogens with one attached hydrogen (secondary N) is 1. The molecule has 4 rings (SSSR count). The maximum Gasteiger partial charge on any atom is 0.416 e. The Bertz CT molecular complexity index is 1150. The first kappa shape index (κ1) is 25.6. The van der Waals surface area contributed by atoms with E-state index in [1.807, 2.05) is 0 Å². The highest BCUT2D eigenvalue weighted by molar-refractivity contribution is 6.04. The van der Waals surface area contributed by atoms with Gasteiger partial charge in [0.05, 0.1) is 11.1 Å². The number of alkyl halides is 3.